The minimum atomic E-state index is -0.444. The van der Waals surface area contributed by atoms with Crippen LogP contribution in [0.2, 0.25) is 0 Å². The number of nitrogens with zero attached hydrogens (tertiary/aromatic N) is 1. The summed E-state index contributed by atoms with van der Waals surface area (Å²) in [6.45, 7) is 1.88. The van der Waals surface area contributed by atoms with Gasteiger partial charge in [0.1, 0.15) is 0 Å². The fraction of sp³-hybridized carbons (Fsp3) is 0.455. The van der Waals surface area contributed by atoms with Gasteiger partial charge < -0.3 is 11.1 Å². The Labute approximate surface area is 100 Å². The molecule has 1 amide bonds. The number of amides is 1. The molecule has 0 bridgehead atoms. The maximum atomic E-state index is 11.7. The quantitative estimate of drug-likeness (QED) is 0.815. The fourth-order valence-electron chi connectivity index (χ4n) is 1.23. The number of carbonyl (C=O) groups is 1. The van der Waals surface area contributed by atoms with Crippen molar-refractivity contribution >= 4 is 23.4 Å². The topological polar surface area (TPSA) is 68.0 Å². The average molecular weight is 239 g/mol. The van der Waals surface area contributed by atoms with Crippen molar-refractivity contribution in [3.8, 4) is 0 Å². The molecule has 0 radical (unpaired) electrons. The van der Waals surface area contributed by atoms with Gasteiger partial charge in [0.25, 0.3) is 0 Å². The molecule has 0 spiro atoms. The van der Waals surface area contributed by atoms with Crippen LogP contribution in [0, 0.1) is 6.92 Å². The Bertz CT molecular complexity index is 357. The first-order valence-corrected chi connectivity index (χ1v) is 6.51. The number of aryl methyl sites for hydroxylation is 1. The predicted octanol–water partition coefficient (Wildman–Crippen LogP) is 1.41. The molecular formula is C11H17N3OS. The molecule has 1 heterocycles. The van der Waals surface area contributed by atoms with Crippen molar-refractivity contribution in [1.82, 2.24) is 4.98 Å². The molecule has 0 unspecified atom stereocenters. The summed E-state index contributed by atoms with van der Waals surface area (Å²) in [6, 6.07) is 3.13. The third kappa shape index (κ3) is 4.20. The molecule has 1 rings (SSSR count). The Morgan fingerprint density at radius 3 is 3.06 bits per heavy atom. The van der Waals surface area contributed by atoms with Gasteiger partial charge in [-0.2, -0.15) is 11.8 Å². The Balaban J connectivity index is 2.50. The van der Waals surface area contributed by atoms with Gasteiger partial charge in [0.2, 0.25) is 5.91 Å². The van der Waals surface area contributed by atoms with E-state index in [1.807, 2.05) is 19.2 Å². The molecule has 4 nitrogen and oxygen atoms in total. The van der Waals surface area contributed by atoms with Crippen molar-refractivity contribution in [2.45, 2.75) is 19.4 Å². The fourth-order valence-corrected chi connectivity index (χ4v) is 1.72. The van der Waals surface area contributed by atoms with E-state index >= 15 is 0 Å². The molecule has 88 valence electrons. The lowest BCUT2D eigenvalue weighted by molar-refractivity contribution is -0.117. The smallest absolute Gasteiger partial charge is 0.241 e. The first-order chi connectivity index (χ1) is 7.63. The van der Waals surface area contributed by atoms with Gasteiger partial charge in [-0.05, 0) is 37.5 Å². The molecule has 0 fully saturated rings. The van der Waals surface area contributed by atoms with Crippen molar-refractivity contribution in [2.75, 3.05) is 17.3 Å². The van der Waals surface area contributed by atoms with E-state index in [1.54, 1.807) is 24.0 Å². The van der Waals surface area contributed by atoms with Crippen LogP contribution in [0.25, 0.3) is 0 Å². The second kappa shape index (κ2) is 6.50. The van der Waals surface area contributed by atoms with Gasteiger partial charge in [0.05, 0.1) is 6.04 Å². The third-order valence-electron chi connectivity index (χ3n) is 2.13. The second-order valence-corrected chi connectivity index (χ2v) is 4.55. The Kier molecular flexibility index (Phi) is 5.28. The van der Waals surface area contributed by atoms with Crippen LogP contribution in [0.15, 0.2) is 18.3 Å². The lowest BCUT2D eigenvalue weighted by Gasteiger charge is -2.11. The predicted molar refractivity (Wildman–Crippen MR) is 68.6 cm³/mol. The van der Waals surface area contributed by atoms with E-state index in [2.05, 4.69) is 10.3 Å². The number of hydrogen-bond acceptors (Lipinski definition) is 4. The zero-order chi connectivity index (χ0) is 12.0. The number of hydrogen-bond donors (Lipinski definition) is 2. The van der Waals surface area contributed by atoms with Crippen LogP contribution in [0.5, 0.6) is 0 Å². The number of nitrogens with two attached hydrogens (primary N) is 1. The van der Waals surface area contributed by atoms with Crippen molar-refractivity contribution in [3.63, 3.8) is 0 Å². The minimum absolute atomic E-state index is 0.139. The summed E-state index contributed by atoms with van der Waals surface area (Å²) in [5, 5.41) is 2.78. The van der Waals surface area contributed by atoms with Crippen LogP contribution in [0.4, 0.5) is 5.69 Å². The summed E-state index contributed by atoms with van der Waals surface area (Å²) < 4.78 is 0. The molecule has 0 aromatic carbocycles. The molecular weight excluding hydrogens is 222 g/mol. The van der Waals surface area contributed by atoms with Crippen LogP contribution in [-0.4, -0.2) is 28.9 Å². The van der Waals surface area contributed by atoms with E-state index < -0.39 is 6.04 Å². The van der Waals surface area contributed by atoms with Gasteiger partial charge in [-0.25, -0.2) is 0 Å². The third-order valence-corrected chi connectivity index (χ3v) is 2.78. The van der Waals surface area contributed by atoms with Crippen molar-refractivity contribution < 1.29 is 4.79 Å². The Morgan fingerprint density at radius 1 is 1.69 bits per heavy atom. The lowest BCUT2D eigenvalue weighted by Crippen LogP contribution is -2.36. The van der Waals surface area contributed by atoms with Crippen LogP contribution in [0.1, 0.15) is 12.1 Å². The second-order valence-electron chi connectivity index (χ2n) is 3.56. The molecule has 5 heteroatoms. The first kappa shape index (κ1) is 13.0. The number of anilines is 1. The zero-order valence-electron chi connectivity index (χ0n) is 9.56. The van der Waals surface area contributed by atoms with Crippen molar-refractivity contribution in [2.24, 2.45) is 5.73 Å². The zero-order valence-corrected chi connectivity index (χ0v) is 10.4. The molecule has 0 aliphatic rings. The highest BCUT2D eigenvalue weighted by Crippen LogP contribution is 2.08. The Hall–Kier alpha value is -1.07. The van der Waals surface area contributed by atoms with E-state index in [0.717, 1.165) is 17.1 Å². The maximum Gasteiger partial charge on any atom is 0.241 e. The summed E-state index contributed by atoms with van der Waals surface area (Å²) in [5.41, 5.74) is 7.37. The first-order valence-electron chi connectivity index (χ1n) is 5.11. The van der Waals surface area contributed by atoms with Gasteiger partial charge in [0.15, 0.2) is 0 Å². The molecule has 3 N–H and O–H groups in total. The lowest BCUT2D eigenvalue weighted by atomic mass is 10.2. The van der Waals surface area contributed by atoms with Gasteiger partial charge in [-0.1, -0.05) is 0 Å². The normalized spacial score (nSPS) is 12.2. The van der Waals surface area contributed by atoms with Gasteiger partial charge in [0, 0.05) is 17.6 Å². The summed E-state index contributed by atoms with van der Waals surface area (Å²) in [5.74, 6) is 0.754. The SMILES string of the molecule is CSCC[C@@H](N)C(=O)Nc1ccnc(C)c1. The van der Waals surface area contributed by atoms with E-state index in [1.165, 1.54) is 0 Å². The number of aromatic nitrogens is 1. The largest absolute Gasteiger partial charge is 0.325 e. The summed E-state index contributed by atoms with van der Waals surface area (Å²) in [7, 11) is 0. The van der Waals surface area contributed by atoms with Gasteiger partial charge in [-0.15, -0.1) is 0 Å². The molecule has 0 saturated carbocycles. The standard InChI is InChI=1S/C11H17N3OS/c1-8-7-9(3-5-13-8)14-11(15)10(12)4-6-16-2/h3,5,7,10H,4,6,12H2,1-2H3,(H,13,14,15)/t10-/m1/s1. The van der Waals surface area contributed by atoms with Crippen LogP contribution < -0.4 is 11.1 Å². The van der Waals surface area contributed by atoms with Crippen LogP contribution in [-0.2, 0) is 4.79 Å². The highest BCUT2D eigenvalue weighted by atomic mass is 32.2. The highest BCUT2D eigenvalue weighted by molar-refractivity contribution is 7.98. The summed E-state index contributed by atoms with van der Waals surface area (Å²) in [4.78, 5) is 15.7. The maximum absolute atomic E-state index is 11.7. The molecule has 1 aromatic heterocycles. The van der Waals surface area contributed by atoms with E-state index in [0.29, 0.717) is 6.42 Å². The van der Waals surface area contributed by atoms with E-state index in [-0.39, 0.29) is 5.91 Å². The molecule has 0 saturated heterocycles. The summed E-state index contributed by atoms with van der Waals surface area (Å²) >= 11 is 1.69. The number of nitrogens with one attached hydrogen (secondary N) is 1. The van der Waals surface area contributed by atoms with Crippen LogP contribution in [0.3, 0.4) is 0 Å². The molecule has 1 atom stereocenters. The highest BCUT2D eigenvalue weighted by Gasteiger charge is 2.12. The number of pyridine rings is 1. The van der Waals surface area contributed by atoms with Crippen molar-refractivity contribution in [1.29, 1.82) is 0 Å². The monoisotopic (exact) mass is 239 g/mol. The van der Waals surface area contributed by atoms with E-state index in [9.17, 15) is 4.79 Å². The molecule has 0 aliphatic heterocycles. The molecule has 1 aromatic rings. The van der Waals surface area contributed by atoms with Gasteiger partial charge in [-0.3, -0.25) is 9.78 Å². The summed E-state index contributed by atoms with van der Waals surface area (Å²) in [6.07, 6.45) is 4.35. The minimum Gasteiger partial charge on any atom is -0.325 e. The van der Waals surface area contributed by atoms with Crippen molar-refractivity contribution in [3.05, 3.63) is 24.0 Å². The number of thioether (sulfide) groups is 1. The average Bonchev–Trinajstić information content (AvgIpc) is 2.25. The molecule has 0 aliphatic carbocycles. The van der Waals surface area contributed by atoms with Gasteiger partial charge >= 0.3 is 0 Å². The Morgan fingerprint density at radius 2 is 2.44 bits per heavy atom. The molecule has 16 heavy (non-hydrogen) atoms. The van der Waals surface area contributed by atoms with E-state index in [4.69, 9.17) is 5.73 Å². The number of rotatable bonds is 5. The number of carbonyl (C=O) groups excluding carboxylic acids is 1. The van der Waals surface area contributed by atoms with Crippen LogP contribution >= 0.6 is 11.8 Å².